The van der Waals surface area contributed by atoms with Crippen molar-refractivity contribution in [2.45, 2.75) is 32.5 Å². The highest BCUT2D eigenvalue weighted by Gasteiger charge is 2.27. The summed E-state index contributed by atoms with van der Waals surface area (Å²) >= 11 is 0. The maximum Gasteiger partial charge on any atom is 0.160 e. The first-order valence-electron chi connectivity index (χ1n) is 6.83. The molecule has 6 nitrogen and oxygen atoms in total. The van der Waals surface area contributed by atoms with Gasteiger partial charge in [0.1, 0.15) is 11.3 Å². The van der Waals surface area contributed by atoms with Gasteiger partial charge in [-0.05, 0) is 25.5 Å². The van der Waals surface area contributed by atoms with E-state index < -0.39 is 9.84 Å². The normalized spacial score (nSPS) is 21.6. The summed E-state index contributed by atoms with van der Waals surface area (Å²) in [5.41, 5.74) is 1.76. The molecule has 1 saturated heterocycles. The lowest BCUT2D eigenvalue weighted by atomic mass is 10.2. The molecule has 1 unspecified atom stereocenters. The minimum Gasteiger partial charge on any atom is -0.312 e. The molecule has 108 valence electrons. The van der Waals surface area contributed by atoms with Gasteiger partial charge in [0.05, 0.1) is 18.1 Å². The molecule has 0 bridgehead atoms. The Balaban J connectivity index is 1.78. The van der Waals surface area contributed by atoms with Gasteiger partial charge in [0.15, 0.2) is 15.5 Å². The molecular formula is C13H18N4O2S. The van der Waals surface area contributed by atoms with Crippen LogP contribution in [0.3, 0.4) is 0 Å². The number of pyridine rings is 1. The van der Waals surface area contributed by atoms with Gasteiger partial charge in [-0.3, -0.25) is 0 Å². The maximum absolute atomic E-state index is 11.4. The van der Waals surface area contributed by atoms with Crippen LogP contribution in [0.5, 0.6) is 0 Å². The van der Waals surface area contributed by atoms with E-state index in [-0.39, 0.29) is 17.5 Å². The van der Waals surface area contributed by atoms with Gasteiger partial charge in [-0.15, -0.1) is 0 Å². The first-order valence-corrected chi connectivity index (χ1v) is 8.65. The van der Waals surface area contributed by atoms with Crippen LogP contribution >= 0.6 is 0 Å². The zero-order chi connectivity index (χ0) is 14.2. The lowest BCUT2D eigenvalue weighted by Gasteiger charge is -2.11. The molecule has 7 heteroatoms. The number of rotatable bonds is 4. The summed E-state index contributed by atoms with van der Waals surface area (Å²) in [6.07, 6.45) is 2.45. The molecule has 3 rings (SSSR count). The van der Waals surface area contributed by atoms with E-state index >= 15 is 0 Å². The van der Waals surface area contributed by atoms with Crippen LogP contribution in [-0.2, 0) is 22.9 Å². The highest BCUT2D eigenvalue weighted by Crippen LogP contribution is 2.15. The van der Waals surface area contributed by atoms with E-state index in [2.05, 4.69) is 26.8 Å². The molecule has 1 fully saturated rings. The van der Waals surface area contributed by atoms with Gasteiger partial charge < -0.3 is 9.88 Å². The van der Waals surface area contributed by atoms with Crippen LogP contribution < -0.4 is 5.32 Å². The van der Waals surface area contributed by atoms with E-state index in [1.807, 2.05) is 12.1 Å². The van der Waals surface area contributed by atoms with Crippen molar-refractivity contribution in [1.29, 1.82) is 0 Å². The second kappa shape index (κ2) is 5.14. The van der Waals surface area contributed by atoms with Crippen LogP contribution in [0.4, 0.5) is 0 Å². The predicted octanol–water partition coefficient (Wildman–Crippen LogP) is 0.728. The van der Waals surface area contributed by atoms with Gasteiger partial charge in [-0.2, -0.15) is 0 Å². The largest absolute Gasteiger partial charge is 0.312 e. The van der Waals surface area contributed by atoms with Crippen LogP contribution in [0, 0.1) is 0 Å². The quantitative estimate of drug-likeness (QED) is 0.899. The molecule has 1 aliphatic rings. The molecule has 1 aliphatic heterocycles. The molecule has 0 spiro atoms. The molecule has 0 radical (unpaired) electrons. The average Bonchev–Trinajstić information content (AvgIpc) is 2.95. The zero-order valence-corrected chi connectivity index (χ0v) is 12.2. The van der Waals surface area contributed by atoms with Crippen LogP contribution in [0.25, 0.3) is 11.2 Å². The first kappa shape index (κ1) is 13.5. The van der Waals surface area contributed by atoms with Crippen LogP contribution in [0.2, 0.25) is 0 Å². The van der Waals surface area contributed by atoms with Crippen LogP contribution in [0.1, 0.15) is 19.2 Å². The van der Waals surface area contributed by atoms with Gasteiger partial charge in [-0.25, -0.2) is 18.4 Å². The molecule has 2 aromatic heterocycles. The minimum absolute atomic E-state index is 0.0399. The maximum atomic E-state index is 11.4. The monoisotopic (exact) mass is 294 g/mol. The van der Waals surface area contributed by atoms with Crippen molar-refractivity contribution in [2.24, 2.45) is 0 Å². The number of imidazole rings is 1. The fourth-order valence-corrected chi connectivity index (χ4v) is 4.37. The predicted molar refractivity (Wildman–Crippen MR) is 77.1 cm³/mol. The second-order valence-corrected chi connectivity index (χ2v) is 7.33. The Morgan fingerprint density at radius 1 is 1.50 bits per heavy atom. The molecule has 3 heterocycles. The van der Waals surface area contributed by atoms with E-state index in [4.69, 9.17) is 0 Å². The summed E-state index contributed by atoms with van der Waals surface area (Å²) in [4.78, 5) is 8.92. The Morgan fingerprint density at radius 2 is 2.35 bits per heavy atom. The van der Waals surface area contributed by atoms with Crippen molar-refractivity contribution in [3.8, 4) is 0 Å². The van der Waals surface area contributed by atoms with Crippen molar-refractivity contribution in [1.82, 2.24) is 19.9 Å². The van der Waals surface area contributed by atoms with Crippen molar-refractivity contribution in [3.05, 3.63) is 24.2 Å². The number of nitrogens with zero attached hydrogens (tertiary/aromatic N) is 3. The summed E-state index contributed by atoms with van der Waals surface area (Å²) < 4.78 is 25.0. The Morgan fingerprint density at radius 3 is 3.05 bits per heavy atom. The van der Waals surface area contributed by atoms with E-state index in [1.54, 1.807) is 6.20 Å². The first-order chi connectivity index (χ1) is 9.59. The van der Waals surface area contributed by atoms with E-state index in [0.717, 1.165) is 23.5 Å². The summed E-state index contributed by atoms with van der Waals surface area (Å²) in [6, 6.07) is 3.85. The average molecular weight is 294 g/mol. The van der Waals surface area contributed by atoms with Gasteiger partial charge in [0.2, 0.25) is 0 Å². The fourth-order valence-electron chi connectivity index (χ4n) is 2.66. The molecule has 1 N–H and O–H groups in total. The van der Waals surface area contributed by atoms with Crippen LogP contribution in [-0.4, -0.2) is 40.5 Å². The molecule has 0 aromatic carbocycles. The van der Waals surface area contributed by atoms with Gasteiger partial charge in [-0.1, -0.05) is 0 Å². The molecule has 0 amide bonds. The van der Waals surface area contributed by atoms with Gasteiger partial charge in [0, 0.05) is 18.8 Å². The Kier molecular flexibility index (Phi) is 3.47. The lowest BCUT2D eigenvalue weighted by molar-refractivity contribution is 0.529. The molecule has 0 aliphatic carbocycles. The summed E-state index contributed by atoms with van der Waals surface area (Å²) in [6.45, 7) is 3.43. The standard InChI is InChI=1S/C13H18N4O2S/c1-2-17-12(16-11-4-3-6-14-13(11)17)8-15-10-5-7-20(18,19)9-10/h3-4,6,10,15H,2,5,7-9H2,1H3. The van der Waals surface area contributed by atoms with E-state index in [0.29, 0.717) is 13.0 Å². The topological polar surface area (TPSA) is 76.9 Å². The number of sulfone groups is 1. The fraction of sp³-hybridized carbons (Fsp3) is 0.538. The van der Waals surface area contributed by atoms with Gasteiger partial charge in [0.25, 0.3) is 0 Å². The van der Waals surface area contributed by atoms with Crippen molar-refractivity contribution < 1.29 is 8.42 Å². The van der Waals surface area contributed by atoms with E-state index in [1.165, 1.54) is 0 Å². The lowest BCUT2D eigenvalue weighted by Crippen LogP contribution is -2.30. The Labute approximate surface area is 118 Å². The van der Waals surface area contributed by atoms with Crippen molar-refractivity contribution in [2.75, 3.05) is 11.5 Å². The third-order valence-corrected chi connectivity index (χ3v) is 5.45. The number of aryl methyl sites for hydroxylation is 1. The SMILES string of the molecule is CCn1c(CNC2CCS(=O)(=O)C2)nc2cccnc21. The molecule has 20 heavy (non-hydrogen) atoms. The number of nitrogens with one attached hydrogen (secondary N) is 1. The van der Waals surface area contributed by atoms with E-state index in [9.17, 15) is 8.42 Å². The summed E-state index contributed by atoms with van der Waals surface area (Å²) in [5, 5.41) is 3.30. The zero-order valence-electron chi connectivity index (χ0n) is 11.4. The number of hydrogen-bond acceptors (Lipinski definition) is 5. The van der Waals surface area contributed by atoms with Crippen LogP contribution in [0.15, 0.2) is 18.3 Å². The molecule has 2 aromatic rings. The molecule has 0 saturated carbocycles. The molecule has 1 atom stereocenters. The smallest absolute Gasteiger partial charge is 0.160 e. The third-order valence-electron chi connectivity index (χ3n) is 3.68. The number of hydrogen-bond donors (Lipinski definition) is 1. The number of fused-ring (bicyclic) bond motifs is 1. The summed E-state index contributed by atoms with van der Waals surface area (Å²) in [5.74, 6) is 1.43. The highest BCUT2D eigenvalue weighted by molar-refractivity contribution is 7.91. The number of aromatic nitrogens is 3. The Hall–Kier alpha value is -1.47. The minimum atomic E-state index is -2.84. The van der Waals surface area contributed by atoms with Gasteiger partial charge >= 0.3 is 0 Å². The third kappa shape index (κ3) is 2.55. The second-order valence-electron chi connectivity index (χ2n) is 5.10. The van der Waals surface area contributed by atoms with Crippen molar-refractivity contribution >= 4 is 21.0 Å². The highest BCUT2D eigenvalue weighted by atomic mass is 32.2. The Bertz CT molecular complexity index is 723. The summed E-state index contributed by atoms with van der Waals surface area (Å²) in [7, 11) is -2.84. The molecular weight excluding hydrogens is 276 g/mol. The van der Waals surface area contributed by atoms with Crippen molar-refractivity contribution in [3.63, 3.8) is 0 Å².